The first-order valence-electron chi connectivity index (χ1n) is 8.36. The highest BCUT2D eigenvalue weighted by Gasteiger charge is 2.15. The number of rotatable bonds is 5. The van der Waals surface area contributed by atoms with Crippen molar-refractivity contribution in [3.05, 3.63) is 23.0 Å². The molecular formula is C17H26N4O. The van der Waals surface area contributed by atoms with E-state index >= 15 is 0 Å². The second-order valence-electron chi connectivity index (χ2n) is 6.23. The van der Waals surface area contributed by atoms with Crippen molar-refractivity contribution in [1.29, 1.82) is 0 Å². The summed E-state index contributed by atoms with van der Waals surface area (Å²) < 4.78 is 7.50. The summed E-state index contributed by atoms with van der Waals surface area (Å²) in [6.07, 6.45) is 4.56. The molecule has 120 valence electrons. The summed E-state index contributed by atoms with van der Waals surface area (Å²) in [6.45, 7) is 9.06. The van der Waals surface area contributed by atoms with Gasteiger partial charge in [-0.15, -0.1) is 0 Å². The molecule has 1 aliphatic heterocycles. The quantitative estimate of drug-likeness (QED) is 0.922. The molecule has 0 radical (unpaired) electrons. The van der Waals surface area contributed by atoms with Crippen LogP contribution in [0, 0.1) is 19.8 Å². The summed E-state index contributed by atoms with van der Waals surface area (Å²) in [4.78, 5) is 4.71. The Labute approximate surface area is 132 Å². The topological polar surface area (TPSA) is 51.5 Å². The second-order valence-corrected chi connectivity index (χ2v) is 6.23. The Kier molecular flexibility index (Phi) is 4.62. The van der Waals surface area contributed by atoms with Crippen molar-refractivity contribution in [2.75, 3.05) is 25.1 Å². The van der Waals surface area contributed by atoms with Gasteiger partial charge in [-0.25, -0.2) is 4.98 Å². The Bertz CT molecular complexity index is 644. The fraction of sp³-hybridized carbons (Fsp3) is 0.647. The Hall–Kier alpha value is -1.62. The zero-order valence-electron chi connectivity index (χ0n) is 13.9. The normalized spacial score (nSPS) is 18.8. The second kappa shape index (κ2) is 6.65. The third-order valence-electron chi connectivity index (χ3n) is 4.59. The van der Waals surface area contributed by atoms with Crippen molar-refractivity contribution in [2.45, 2.75) is 46.5 Å². The zero-order valence-corrected chi connectivity index (χ0v) is 13.9. The van der Waals surface area contributed by atoms with Crippen LogP contribution in [0.15, 0.2) is 6.07 Å². The van der Waals surface area contributed by atoms with Gasteiger partial charge in [0.25, 0.3) is 0 Å². The smallest absolute Gasteiger partial charge is 0.160 e. The van der Waals surface area contributed by atoms with E-state index in [4.69, 9.17) is 9.72 Å². The van der Waals surface area contributed by atoms with Gasteiger partial charge in [-0.2, -0.15) is 9.61 Å². The summed E-state index contributed by atoms with van der Waals surface area (Å²) in [5.41, 5.74) is 4.29. The maximum Gasteiger partial charge on any atom is 0.160 e. The molecule has 0 bridgehead atoms. The van der Waals surface area contributed by atoms with Gasteiger partial charge >= 0.3 is 0 Å². The van der Waals surface area contributed by atoms with Crippen molar-refractivity contribution >= 4 is 11.5 Å². The number of aromatic nitrogens is 3. The molecule has 1 fully saturated rings. The first-order valence-corrected chi connectivity index (χ1v) is 8.36. The van der Waals surface area contributed by atoms with Crippen molar-refractivity contribution in [2.24, 2.45) is 5.92 Å². The summed E-state index contributed by atoms with van der Waals surface area (Å²) in [5.74, 6) is 1.74. The molecule has 1 unspecified atom stereocenters. The van der Waals surface area contributed by atoms with Crippen molar-refractivity contribution in [3.63, 3.8) is 0 Å². The molecular weight excluding hydrogens is 276 g/mol. The van der Waals surface area contributed by atoms with E-state index in [-0.39, 0.29) is 0 Å². The first kappa shape index (κ1) is 15.3. The number of nitrogens with zero attached hydrogens (tertiary/aromatic N) is 3. The molecule has 0 aromatic carbocycles. The fourth-order valence-corrected chi connectivity index (χ4v) is 3.03. The van der Waals surface area contributed by atoms with Crippen LogP contribution in [-0.2, 0) is 11.2 Å². The van der Waals surface area contributed by atoms with Gasteiger partial charge in [0.15, 0.2) is 5.65 Å². The maximum atomic E-state index is 5.56. The summed E-state index contributed by atoms with van der Waals surface area (Å²) in [7, 11) is 0. The van der Waals surface area contributed by atoms with E-state index in [1.165, 1.54) is 18.4 Å². The first-order chi connectivity index (χ1) is 10.7. The molecule has 0 saturated carbocycles. The van der Waals surface area contributed by atoms with E-state index in [9.17, 15) is 0 Å². The maximum absolute atomic E-state index is 5.56. The van der Waals surface area contributed by atoms with Gasteiger partial charge in [0.2, 0.25) is 0 Å². The van der Waals surface area contributed by atoms with E-state index in [2.05, 4.69) is 30.3 Å². The number of nitrogens with one attached hydrogen (secondary N) is 1. The number of fused-ring (bicyclic) bond motifs is 1. The van der Waals surface area contributed by atoms with Crippen LogP contribution in [-0.4, -0.2) is 34.4 Å². The minimum atomic E-state index is 0.685. The SMILES string of the molecule is CCc1cc(NCCC2CCCOC2)n2nc(C)c(C)c2n1. The highest BCUT2D eigenvalue weighted by Crippen LogP contribution is 2.20. The molecule has 5 nitrogen and oxygen atoms in total. The van der Waals surface area contributed by atoms with Crippen LogP contribution in [0.25, 0.3) is 5.65 Å². The molecule has 1 saturated heterocycles. The molecule has 3 heterocycles. The van der Waals surface area contributed by atoms with Crippen molar-refractivity contribution in [3.8, 4) is 0 Å². The van der Waals surface area contributed by atoms with E-state index in [0.717, 1.165) is 55.5 Å². The van der Waals surface area contributed by atoms with Crippen LogP contribution >= 0.6 is 0 Å². The Morgan fingerprint density at radius 3 is 3.00 bits per heavy atom. The van der Waals surface area contributed by atoms with Crippen LogP contribution in [0.4, 0.5) is 5.82 Å². The van der Waals surface area contributed by atoms with Gasteiger partial charge < -0.3 is 10.1 Å². The number of hydrogen-bond donors (Lipinski definition) is 1. The third kappa shape index (κ3) is 3.09. The van der Waals surface area contributed by atoms with Crippen LogP contribution in [0.5, 0.6) is 0 Å². The molecule has 2 aromatic rings. The van der Waals surface area contributed by atoms with E-state index < -0.39 is 0 Å². The van der Waals surface area contributed by atoms with Crippen molar-refractivity contribution < 1.29 is 4.74 Å². The van der Waals surface area contributed by atoms with Gasteiger partial charge in [0.05, 0.1) is 5.69 Å². The monoisotopic (exact) mass is 302 g/mol. The molecule has 1 atom stereocenters. The van der Waals surface area contributed by atoms with Crippen LogP contribution < -0.4 is 5.32 Å². The van der Waals surface area contributed by atoms with Gasteiger partial charge in [-0.05, 0) is 45.4 Å². The summed E-state index contributed by atoms with van der Waals surface area (Å²) in [6, 6.07) is 2.12. The van der Waals surface area contributed by atoms with Gasteiger partial charge in [0, 0.05) is 37.1 Å². The Balaban J connectivity index is 1.75. The predicted molar refractivity (Wildman–Crippen MR) is 88.5 cm³/mol. The number of anilines is 1. The highest BCUT2D eigenvalue weighted by molar-refractivity contribution is 5.56. The largest absolute Gasteiger partial charge is 0.381 e. The molecule has 2 aromatic heterocycles. The van der Waals surface area contributed by atoms with E-state index in [1.807, 2.05) is 11.4 Å². The predicted octanol–water partition coefficient (Wildman–Crippen LogP) is 3.14. The number of aryl methyl sites for hydroxylation is 3. The standard InChI is InChI=1S/C17H26N4O/c1-4-15-10-16(18-8-7-14-6-5-9-22-11-14)21-17(19-15)12(2)13(3)20-21/h10,14,18H,4-9,11H2,1-3H3. The highest BCUT2D eigenvalue weighted by atomic mass is 16.5. The van der Waals surface area contributed by atoms with E-state index in [0.29, 0.717) is 5.92 Å². The zero-order chi connectivity index (χ0) is 15.5. The minimum Gasteiger partial charge on any atom is -0.381 e. The average Bonchev–Trinajstić information content (AvgIpc) is 2.84. The van der Waals surface area contributed by atoms with Crippen LogP contribution in [0.3, 0.4) is 0 Å². The lowest BCUT2D eigenvalue weighted by Crippen LogP contribution is -2.20. The third-order valence-corrected chi connectivity index (χ3v) is 4.59. The van der Waals surface area contributed by atoms with Crippen LogP contribution in [0.1, 0.15) is 43.1 Å². The minimum absolute atomic E-state index is 0.685. The van der Waals surface area contributed by atoms with Crippen molar-refractivity contribution in [1.82, 2.24) is 14.6 Å². The van der Waals surface area contributed by atoms with Gasteiger partial charge in [-0.1, -0.05) is 6.92 Å². The number of ether oxygens (including phenoxy) is 1. The Morgan fingerprint density at radius 2 is 2.27 bits per heavy atom. The lowest BCUT2D eigenvalue weighted by atomic mass is 9.99. The van der Waals surface area contributed by atoms with Gasteiger partial charge in [0.1, 0.15) is 5.82 Å². The summed E-state index contributed by atoms with van der Waals surface area (Å²) in [5, 5.41) is 8.18. The molecule has 1 N–H and O–H groups in total. The lowest BCUT2D eigenvalue weighted by Gasteiger charge is -2.22. The fourth-order valence-electron chi connectivity index (χ4n) is 3.03. The molecule has 3 rings (SSSR count). The summed E-state index contributed by atoms with van der Waals surface area (Å²) >= 11 is 0. The van der Waals surface area contributed by atoms with E-state index in [1.54, 1.807) is 0 Å². The molecule has 5 heteroatoms. The molecule has 22 heavy (non-hydrogen) atoms. The molecule has 0 spiro atoms. The van der Waals surface area contributed by atoms with Crippen LogP contribution in [0.2, 0.25) is 0 Å². The Morgan fingerprint density at radius 1 is 1.41 bits per heavy atom. The number of hydrogen-bond acceptors (Lipinski definition) is 4. The molecule has 1 aliphatic rings. The molecule has 0 amide bonds. The lowest BCUT2D eigenvalue weighted by molar-refractivity contribution is 0.0530. The molecule has 0 aliphatic carbocycles. The average molecular weight is 302 g/mol. The van der Waals surface area contributed by atoms with Gasteiger partial charge in [-0.3, -0.25) is 0 Å².